The maximum absolute atomic E-state index is 12.7. The summed E-state index contributed by atoms with van der Waals surface area (Å²) in [5.74, 6) is 0.934. The highest BCUT2D eigenvalue weighted by Gasteiger charge is 2.31. The average molecular weight is 378 g/mol. The summed E-state index contributed by atoms with van der Waals surface area (Å²) < 4.78 is 11.3. The number of ether oxygens (including phenoxy) is 1. The molecule has 2 aromatic rings. The van der Waals surface area contributed by atoms with E-state index < -0.39 is 5.91 Å². The lowest BCUT2D eigenvalue weighted by molar-refractivity contribution is 0.00702. The van der Waals surface area contributed by atoms with Gasteiger partial charge in [-0.2, -0.15) is 0 Å². The fourth-order valence-electron chi connectivity index (χ4n) is 2.83. The van der Waals surface area contributed by atoms with E-state index in [-0.39, 0.29) is 22.7 Å². The van der Waals surface area contributed by atoms with E-state index in [1.165, 1.54) is 12.1 Å². The van der Waals surface area contributed by atoms with Gasteiger partial charge in [-0.05, 0) is 30.3 Å². The molecule has 1 saturated heterocycles. The van der Waals surface area contributed by atoms with Gasteiger partial charge in [0.1, 0.15) is 17.6 Å². The molecule has 1 aliphatic heterocycles. The van der Waals surface area contributed by atoms with E-state index in [0.717, 1.165) is 12.2 Å². The van der Waals surface area contributed by atoms with Crippen LogP contribution in [0.3, 0.4) is 0 Å². The summed E-state index contributed by atoms with van der Waals surface area (Å²) in [5.41, 5.74) is 5.92. The van der Waals surface area contributed by atoms with E-state index in [1.54, 1.807) is 11.0 Å². The quantitative estimate of drug-likeness (QED) is 0.854. The van der Waals surface area contributed by atoms with E-state index in [1.807, 2.05) is 19.1 Å². The largest absolute Gasteiger partial charge is 0.464 e. The zero-order valence-corrected chi connectivity index (χ0v) is 15.1. The molecule has 0 aliphatic carbocycles. The molecule has 7 nitrogen and oxygen atoms in total. The zero-order valence-electron chi connectivity index (χ0n) is 14.3. The van der Waals surface area contributed by atoms with Gasteiger partial charge in [0.05, 0.1) is 23.8 Å². The molecule has 0 saturated carbocycles. The molecule has 138 valence electrons. The Morgan fingerprint density at radius 2 is 2.15 bits per heavy atom. The van der Waals surface area contributed by atoms with Crippen LogP contribution in [-0.4, -0.2) is 36.6 Å². The van der Waals surface area contributed by atoms with Crippen molar-refractivity contribution in [2.45, 2.75) is 19.4 Å². The summed E-state index contributed by atoms with van der Waals surface area (Å²) >= 11 is 6.04. The SMILES string of the molecule is CCc1ccc(C2COCCN2C(=O)Nc2ccc(C(N)=O)c(Cl)c2)o1. The van der Waals surface area contributed by atoms with Crippen LogP contribution < -0.4 is 11.1 Å². The predicted molar refractivity (Wildman–Crippen MR) is 97.3 cm³/mol. The second-order valence-corrected chi connectivity index (χ2v) is 6.34. The number of hydrogen-bond donors (Lipinski definition) is 2. The molecule has 1 aromatic carbocycles. The average Bonchev–Trinajstić information content (AvgIpc) is 3.10. The van der Waals surface area contributed by atoms with Gasteiger partial charge in [0.25, 0.3) is 0 Å². The van der Waals surface area contributed by atoms with Crippen molar-refractivity contribution >= 4 is 29.2 Å². The number of carbonyl (C=O) groups excluding carboxylic acids is 2. The molecule has 3 rings (SSSR count). The Labute approximate surface area is 156 Å². The lowest BCUT2D eigenvalue weighted by atomic mass is 10.1. The fourth-order valence-corrected chi connectivity index (χ4v) is 3.11. The Bertz CT molecular complexity index is 821. The third-order valence-electron chi connectivity index (χ3n) is 4.23. The lowest BCUT2D eigenvalue weighted by Gasteiger charge is -2.34. The van der Waals surface area contributed by atoms with Crippen LogP contribution >= 0.6 is 11.6 Å². The van der Waals surface area contributed by atoms with E-state index in [9.17, 15) is 9.59 Å². The van der Waals surface area contributed by atoms with Gasteiger partial charge in [0.2, 0.25) is 5.91 Å². The number of urea groups is 1. The summed E-state index contributed by atoms with van der Waals surface area (Å²) in [6, 6.07) is 7.75. The maximum Gasteiger partial charge on any atom is 0.322 e. The van der Waals surface area contributed by atoms with E-state index in [0.29, 0.717) is 31.2 Å². The number of amides is 3. The van der Waals surface area contributed by atoms with Crippen LogP contribution in [0.1, 0.15) is 34.8 Å². The van der Waals surface area contributed by atoms with Gasteiger partial charge < -0.3 is 25.1 Å². The first kappa shape index (κ1) is 18.3. The summed E-state index contributed by atoms with van der Waals surface area (Å²) in [4.78, 5) is 25.7. The van der Waals surface area contributed by atoms with Crippen molar-refractivity contribution in [2.75, 3.05) is 25.1 Å². The van der Waals surface area contributed by atoms with Crippen molar-refractivity contribution < 1.29 is 18.7 Å². The van der Waals surface area contributed by atoms with Crippen LogP contribution in [0.25, 0.3) is 0 Å². The third-order valence-corrected chi connectivity index (χ3v) is 4.55. The predicted octanol–water partition coefficient (Wildman–Crippen LogP) is 3.20. The van der Waals surface area contributed by atoms with Gasteiger partial charge >= 0.3 is 6.03 Å². The van der Waals surface area contributed by atoms with Crippen LogP contribution in [0.4, 0.5) is 10.5 Å². The lowest BCUT2D eigenvalue weighted by Crippen LogP contribution is -2.45. The number of aryl methyl sites for hydroxylation is 1. The van der Waals surface area contributed by atoms with Gasteiger partial charge in [-0.1, -0.05) is 18.5 Å². The normalized spacial score (nSPS) is 17.2. The number of rotatable bonds is 4. The van der Waals surface area contributed by atoms with E-state index in [2.05, 4.69) is 5.32 Å². The number of benzene rings is 1. The van der Waals surface area contributed by atoms with Crippen LogP contribution in [0, 0.1) is 0 Å². The number of morpholine rings is 1. The van der Waals surface area contributed by atoms with Gasteiger partial charge in [0, 0.05) is 18.7 Å². The number of furan rings is 1. The molecular formula is C18H20ClN3O4. The molecule has 1 unspecified atom stereocenters. The molecule has 2 heterocycles. The third kappa shape index (κ3) is 3.84. The van der Waals surface area contributed by atoms with Crippen molar-refractivity contribution in [2.24, 2.45) is 5.73 Å². The number of hydrogen-bond acceptors (Lipinski definition) is 4. The summed E-state index contributed by atoms with van der Waals surface area (Å²) in [6.07, 6.45) is 0.782. The molecule has 1 aromatic heterocycles. The maximum atomic E-state index is 12.7. The van der Waals surface area contributed by atoms with Crippen molar-refractivity contribution in [3.05, 3.63) is 52.4 Å². The Morgan fingerprint density at radius 1 is 1.35 bits per heavy atom. The molecule has 1 atom stereocenters. The minimum absolute atomic E-state index is 0.187. The topological polar surface area (TPSA) is 97.8 Å². The smallest absolute Gasteiger partial charge is 0.322 e. The zero-order chi connectivity index (χ0) is 18.7. The molecule has 3 amide bonds. The second kappa shape index (κ2) is 7.80. The minimum atomic E-state index is -0.620. The standard InChI is InChI=1S/C18H20ClN3O4/c1-2-12-4-6-16(26-12)15-10-25-8-7-22(15)18(24)21-11-3-5-13(17(20)23)14(19)9-11/h3-6,9,15H,2,7-8,10H2,1H3,(H2,20,23)(H,21,24). The minimum Gasteiger partial charge on any atom is -0.464 e. The molecule has 1 aliphatic rings. The Hall–Kier alpha value is -2.51. The Kier molecular flexibility index (Phi) is 5.49. The number of nitrogens with two attached hydrogens (primary N) is 1. The number of anilines is 1. The van der Waals surface area contributed by atoms with Gasteiger partial charge in [-0.15, -0.1) is 0 Å². The highest BCUT2D eigenvalue weighted by atomic mass is 35.5. The van der Waals surface area contributed by atoms with Crippen LogP contribution in [0.15, 0.2) is 34.7 Å². The Balaban J connectivity index is 1.76. The van der Waals surface area contributed by atoms with Gasteiger partial charge in [0.15, 0.2) is 0 Å². The first-order valence-electron chi connectivity index (χ1n) is 8.33. The summed E-state index contributed by atoms with van der Waals surface area (Å²) in [7, 11) is 0. The van der Waals surface area contributed by atoms with Crippen molar-refractivity contribution in [1.29, 1.82) is 0 Å². The van der Waals surface area contributed by atoms with Crippen LogP contribution in [0.2, 0.25) is 5.02 Å². The number of halogens is 1. The van der Waals surface area contributed by atoms with E-state index >= 15 is 0 Å². The molecule has 0 spiro atoms. The number of nitrogens with one attached hydrogen (secondary N) is 1. The monoisotopic (exact) mass is 377 g/mol. The first-order chi connectivity index (χ1) is 12.5. The Morgan fingerprint density at radius 3 is 2.81 bits per heavy atom. The van der Waals surface area contributed by atoms with Crippen molar-refractivity contribution in [3.8, 4) is 0 Å². The molecule has 0 radical (unpaired) electrons. The molecule has 1 fully saturated rings. The summed E-state index contributed by atoms with van der Waals surface area (Å²) in [6.45, 7) is 3.26. The highest BCUT2D eigenvalue weighted by molar-refractivity contribution is 6.34. The number of nitrogens with zero attached hydrogens (tertiary/aromatic N) is 1. The molecule has 26 heavy (non-hydrogen) atoms. The highest BCUT2D eigenvalue weighted by Crippen LogP contribution is 2.27. The van der Waals surface area contributed by atoms with Gasteiger partial charge in [-0.3, -0.25) is 4.79 Å². The van der Waals surface area contributed by atoms with Crippen LogP contribution in [-0.2, 0) is 11.2 Å². The van der Waals surface area contributed by atoms with E-state index in [4.69, 9.17) is 26.5 Å². The van der Waals surface area contributed by atoms with Crippen LogP contribution in [0.5, 0.6) is 0 Å². The molecular weight excluding hydrogens is 358 g/mol. The number of primary amides is 1. The fraction of sp³-hybridized carbons (Fsp3) is 0.333. The van der Waals surface area contributed by atoms with Crippen molar-refractivity contribution in [3.63, 3.8) is 0 Å². The number of carbonyl (C=O) groups is 2. The first-order valence-corrected chi connectivity index (χ1v) is 8.70. The second-order valence-electron chi connectivity index (χ2n) is 5.93. The molecule has 3 N–H and O–H groups in total. The molecule has 0 bridgehead atoms. The molecule has 8 heteroatoms. The van der Waals surface area contributed by atoms with Gasteiger partial charge in [-0.25, -0.2) is 4.79 Å². The van der Waals surface area contributed by atoms with Crippen molar-refractivity contribution in [1.82, 2.24) is 4.90 Å². The summed E-state index contributed by atoms with van der Waals surface area (Å²) in [5, 5.41) is 2.98.